The lowest BCUT2D eigenvalue weighted by Gasteiger charge is -2.08. The molecule has 0 aliphatic rings. The van der Waals surface area contributed by atoms with E-state index >= 15 is 0 Å². The van der Waals surface area contributed by atoms with Crippen LogP contribution >= 0.6 is 15.9 Å². The van der Waals surface area contributed by atoms with Crippen molar-refractivity contribution in [1.29, 1.82) is 0 Å². The first-order chi connectivity index (χ1) is 9.22. The van der Waals surface area contributed by atoms with Crippen LogP contribution in [0, 0.1) is 0 Å². The van der Waals surface area contributed by atoms with E-state index in [1.54, 1.807) is 7.11 Å². The summed E-state index contributed by atoms with van der Waals surface area (Å²) in [7, 11) is 1.63. The van der Waals surface area contributed by atoms with Gasteiger partial charge in [0.2, 0.25) is 5.91 Å². The molecule has 0 bridgehead atoms. The van der Waals surface area contributed by atoms with E-state index in [-0.39, 0.29) is 5.91 Å². The van der Waals surface area contributed by atoms with Crippen LogP contribution in [0.25, 0.3) is 0 Å². The SMILES string of the molecule is COCCNCC(=O)NCCOc1cccc(Br)c1. The maximum absolute atomic E-state index is 11.4. The third-order valence-electron chi connectivity index (χ3n) is 2.26. The highest BCUT2D eigenvalue weighted by Gasteiger charge is 2.00. The summed E-state index contributed by atoms with van der Waals surface area (Å²) in [5.41, 5.74) is 0. The van der Waals surface area contributed by atoms with Gasteiger partial charge in [0.15, 0.2) is 0 Å². The van der Waals surface area contributed by atoms with E-state index in [2.05, 4.69) is 26.6 Å². The molecule has 0 saturated carbocycles. The quantitative estimate of drug-likeness (QED) is 0.667. The molecule has 1 rings (SSSR count). The first-order valence-electron chi connectivity index (χ1n) is 6.07. The van der Waals surface area contributed by atoms with Crippen LogP contribution in [0.2, 0.25) is 0 Å². The standard InChI is InChI=1S/C13H19BrN2O3/c1-18-7-5-15-10-13(17)16-6-8-19-12-4-2-3-11(14)9-12/h2-4,9,15H,5-8,10H2,1H3,(H,16,17). The number of benzene rings is 1. The average molecular weight is 331 g/mol. The van der Waals surface area contributed by atoms with Gasteiger partial charge in [-0.3, -0.25) is 4.79 Å². The first kappa shape index (κ1) is 15.9. The van der Waals surface area contributed by atoms with Gasteiger partial charge in [0, 0.05) is 18.1 Å². The van der Waals surface area contributed by atoms with Crippen molar-refractivity contribution in [2.24, 2.45) is 0 Å². The Hall–Kier alpha value is -1.11. The summed E-state index contributed by atoms with van der Waals surface area (Å²) < 4.78 is 11.3. The number of ether oxygens (including phenoxy) is 2. The molecular weight excluding hydrogens is 312 g/mol. The maximum atomic E-state index is 11.4. The lowest BCUT2D eigenvalue weighted by atomic mass is 10.3. The van der Waals surface area contributed by atoms with Crippen molar-refractivity contribution in [3.05, 3.63) is 28.7 Å². The number of nitrogens with one attached hydrogen (secondary N) is 2. The van der Waals surface area contributed by atoms with Gasteiger partial charge in [0.1, 0.15) is 12.4 Å². The molecule has 0 saturated heterocycles. The Kier molecular flexibility index (Phi) is 8.20. The zero-order valence-corrected chi connectivity index (χ0v) is 12.5. The molecule has 0 atom stereocenters. The summed E-state index contributed by atoms with van der Waals surface area (Å²) in [6.45, 7) is 2.48. The fourth-order valence-corrected chi connectivity index (χ4v) is 1.73. The van der Waals surface area contributed by atoms with Gasteiger partial charge in [0.25, 0.3) is 0 Å². The minimum Gasteiger partial charge on any atom is -0.492 e. The Morgan fingerprint density at radius 1 is 1.32 bits per heavy atom. The number of rotatable bonds is 9. The van der Waals surface area contributed by atoms with Gasteiger partial charge in [-0.25, -0.2) is 0 Å². The fourth-order valence-electron chi connectivity index (χ4n) is 1.35. The summed E-state index contributed by atoms with van der Waals surface area (Å²) in [6.07, 6.45) is 0. The highest BCUT2D eigenvalue weighted by Crippen LogP contribution is 2.17. The number of methoxy groups -OCH3 is 1. The molecule has 0 spiro atoms. The van der Waals surface area contributed by atoms with E-state index in [1.165, 1.54) is 0 Å². The van der Waals surface area contributed by atoms with Gasteiger partial charge >= 0.3 is 0 Å². The topological polar surface area (TPSA) is 59.6 Å². The van der Waals surface area contributed by atoms with Gasteiger partial charge < -0.3 is 20.1 Å². The third-order valence-corrected chi connectivity index (χ3v) is 2.75. The number of hydrogen-bond donors (Lipinski definition) is 2. The lowest BCUT2D eigenvalue weighted by molar-refractivity contribution is -0.120. The molecule has 0 aromatic heterocycles. The molecule has 0 aliphatic carbocycles. The molecule has 1 amide bonds. The van der Waals surface area contributed by atoms with E-state index in [4.69, 9.17) is 9.47 Å². The van der Waals surface area contributed by atoms with Crippen molar-refractivity contribution in [1.82, 2.24) is 10.6 Å². The van der Waals surface area contributed by atoms with Crippen LogP contribution in [0.15, 0.2) is 28.7 Å². The third kappa shape index (κ3) is 7.81. The van der Waals surface area contributed by atoms with Crippen LogP contribution in [0.5, 0.6) is 5.75 Å². The van der Waals surface area contributed by atoms with Crippen molar-refractivity contribution < 1.29 is 14.3 Å². The maximum Gasteiger partial charge on any atom is 0.234 e. The Bertz CT molecular complexity index is 388. The number of carbonyl (C=O) groups excluding carboxylic acids is 1. The molecule has 0 unspecified atom stereocenters. The second-order valence-corrected chi connectivity index (χ2v) is 4.74. The average Bonchev–Trinajstić information content (AvgIpc) is 2.40. The molecule has 6 heteroatoms. The van der Waals surface area contributed by atoms with Crippen LogP contribution in [0.3, 0.4) is 0 Å². The van der Waals surface area contributed by atoms with Crippen LogP contribution in [0.1, 0.15) is 0 Å². The minimum absolute atomic E-state index is 0.0473. The van der Waals surface area contributed by atoms with Crippen LogP contribution < -0.4 is 15.4 Å². The van der Waals surface area contributed by atoms with Gasteiger partial charge in [-0.05, 0) is 18.2 Å². The smallest absolute Gasteiger partial charge is 0.234 e. The highest BCUT2D eigenvalue weighted by molar-refractivity contribution is 9.10. The van der Waals surface area contributed by atoms with Gasteiger partial charge in [-0.15, -0.1) is 0 Å². The summed E-state index contributed by atoms with van der Waals surface area (Å²) in [4.78, 5) is 11.4. The fraction of sp³-hybridized carbons (Fsp3) is 0.462. The summed E-state index contributed by atoms with van der Waals surface area (Å²) in [5.74, 6) is 0.732. The summed E-state index contributed by atoms with van der Waals surface area (Å²) in [6, 6.07) is 7.59. The van der Waals surface area contributed by atoms with E-state index in [1.807, 2.05) is 24.3 Å². The van der Waals surface area contributed by atoms with Crippen LogP contribution in [-0.4, -0.2) is 45.9 Å². The zero-order valence-electron chi connectivity index (χ0n) is 10.9. The van der Waals surface area contributed by atoms with Gasteiger partial charge in [0.05, 0.1) is 19.7 Å². The van der Waals surface area contributed by atoms with Crippen LogP contribution in [0.4, 0.5) is 0 Å². The number of hydrogen-bond acceptors (Lipinski definition) is 4. The molecular formula is C13H19BrN2O3. The molecule has 1 aromatic rings. The predicted molar refractivity (Wildman–Crippen MR) is 77.4 cm³/mol. The Morgan fingerprint density at radius 2 is 2.16 bits per heavy atom. The van der Waals surface area contributed by atoms with E-state index in [9.17, 15) is 4.79 Å². The van der Waals surface area contributed by atoms with E-state index < -0.39 is 0 Å². The van der Waals surface area contributed by atoms with Crippen molar-refractivity contribution in [2.75, 3.05) is 40.0 Å². The Labute approximate surface area is 121 Å². The molecule has 106 valence electrons. The van der Waals surface area contributed by atoms with E-state index in [0.29, 0.717) is 32.8 Å². The number of carbonyl (C=O) groups is 1. The van der Waals surface area contributed by atoms with Crippen molar-refractivity contribution in [3.63, 3.8) is 0 Å². The molecule has 0 heterocycles. The molecule has 0 aliphatic heterocycles. The zero-order chi connectivity index (χ0) is 13.9. The van der Waals surface area contributed by atoms with Gasteiger partial charge in [-0.1, -0.05) is 22.0 Å². The number of amides is 1. The Balaban J connectivity index is 2.05. The predicted octanol–water partition coefficient (Wildman–Crippen LogP) is 1.18. The normalized spacial score (nSPS) is 10.2. The van der Waals surface area contributed by atoms with Crippen molar-refractivity contribution in [2.45, 2.75) is 0 Å². The second-order valence-electron chi connectivity index (χ2n) is 3.83. The van der Waals surface area contributed by atoms with Gasteiger partial charge in [-0.2, -0.15) is 0 Å². The summed E-state index contributed by atoms with van der Waals surface area (Å²) >= 11 is 3.37. The largest absolute Gasteiger partial charge is 0.492 e. The van der Waals surface area contributed by atoms with Crippen molar-refractivity contribution >= 4 is 21.8 Å². The molecule has 5 nitrogen and oxygen atoms in total. The molecule has 1 aromatic carbocycles. The Morgan fingerprint density at radius 3 is 2.89 bits per heavy atom. The van der Waals surface area contributed by atoms with E-state index in [0.717, 1.165) is 10.2 Å². The first-order valence-corrected chi connectivity index (χ1v) is 6.86. The van der Waals surface area contributed by atoms with Crippen LogP contribution in [-0.2, 0) is 9.53 Å². The van der Waals surface area contributed by atoms with Crippen molar-refractivity contribution in [3.8, 4) is 5.75 Å². The monoisotopic (exact) mass is 330 g/mol. The molecule has 0 radical (unpaired) electrons. The number of halogens is 1. The highest BCUT2D eigenvalue weighted by atomic mass is 79.9. The lowest BCUT2D eigenvalue weighted by Crippen LogP contribution is -2.37. The molecule has 2 N–H and O–H groups in total. The molecule has 19 heavy (non-hydrogen) atoms. The summed E-state index contributed by atoms with van der Waals surface area (Å²) in [5, 5.41) is 5.73. The minimum atomic E-state index is -0.0473. The molecule has 0 fully saturated rings. The second kappa shape index (κ2) is 9.77.